The van der Waals surface area contributed by atoms with Crippen LogP contribution in [0.5, 0.6) is 0 Å². The van der Waals surface area contributed by atoms with Crippen molar-refractivity contribution in [1.29, 1.82) is 0 Å². The fourth-order valence-electron chi connectivity index (χ4n) is 1.34. The van der Waals surface area contributed by atoms with Gasteiger partial charge in [0.05, 0.1) is 12.4 Å². The van der Waals surface area contributed by atoms with E-state index in [2.05, 4.69) is 12.2 Å². The summed E-state index contributed by atoms with van der Waals surface area (Å²) < 4.78 is 5.27. The lowest BCUT2D eigenvalue weighted by Gasteiger charge is -2.08. The number of nitrogens with zero attached hydrogens (tertiary/aromatic N) is 1. The van der Waals surface area contributed by atoms with Crippen LogP contribution >= 0.6 is 0 Å². The summed E-state index contributed by atoms with van der Waals surface area (Å²) >= 11 is 0. The van der Waals surface area contributed by atoms with Crippen molar-refractivity contribution < 1.29 is 4.74 Å². The molecule has 2 nitrogen and oxygen atoms in total. The molecule has 0 spiro atoms. The highest BCUT2D eigenvalue weighted by Gasteiger charge is 2.00. The molecule has 0 aromatic rings. The Labute approximate surface area is 80.7 Å². The molecule has 0 fully saturated rings. The lowest BCUT2D eigenvalue weighted by atomic mass is 10.1. The first-order valence-electron chi connectivity index (χ1n) is 5.14. The predicted molar refractivity (Wildman–Crippen MR) is 53.8 cm³/mol. The molecule has 1 radical (unpaired) electrons. The van der Waals surface area contributed by atoms with Gasteiger partial charge in [-0.3, -0.25) is 5.32 Å². The zero-order chi connectivity index (χ0) is 9.36. The maximum atomic E-state index is 5.27. The van der Waals surface area contributed by atoms with Gasteiger partial charge >= 0.3 is 0 Å². The smallest absolute Gasteiger partial charge is 0.121 e. The van der Waals surface area contributed by atoms with E-state index in [4.69, 9.17) is 4.74 Å². The molecule has 0 atom stereocenters. The highest BCUT2D eigenvalue weighted by molar-refractivity contribution is 5.00. The van der Waals surface area contributed by atoms with Gasteiger partial charge < -0.3 is 4.74 Å². The van der Waals surface area contributed by atoms with Crippen LogP contribution in [0.3, 0.4) is 0 Å². The molecule has 13 heavy (non-hydrogen) atoms. The van der Waals surface area contributed by atoms with Gasteiger partial charge in [-0.25, -0.2) is 0 Å². The van der Waals surface area contributed by atoms with Crippen molar-refractivity contribution in [1.82, 2.24) is 5.32 Å². The van der Waals surface area contributed by atoms with E-state index >= 15 is 0 Å². The lowest BCUT2D eigenvalue weighted by molar-refractivity contribution is 0.315. The zero-order valence-electron chi connectivity index (χ0n) is 8.33. The second-order valence-electron chi connectivity index (χ2n) is 3.31. The molecule has 0 aromatic heterocycles. The van der Waals surface area contributed by atoms with Gasteiger partial charge in [-0.05, 0) is 6.42 Å². The van der Waals surface area contributed by atoms with Crippen LogP contribution in [0.2, 0.25) is 0 Å². The van der Waals surface area contributed by atoms with Crippen LogP contribution in [0.15, 0.2) is 24.4 Å². The van der Waals surface area contributed by atoms with Crippen LogP contribution in [0.4, 0.5) is 0 Å². The minimum Gasteiger partial charge on any atom is -0.466 e. The Kier molecular flexibility index (Phi) is 5.14. The fourth-order valence-corrected chi connectivity index (χ4v) is 1.34. The van der Waals surface area contributed by atoms with Gasteiger partial charge in [0, 0.05) is 6.42 Å². The van der Waals surface area contributed by atoms with E-state index < -0.39 is 0 Å². The number of hydrogen-bond donors (Lipinski definition) is 0. The maximum Gasteiger partial charge on any atom is 0.121 e. The van der Waals surface area contributed by atoms with E-state index in [1.165, 1.54) is 32.1 Å². The summed E-state index contributed by atoms with van der Waals surface area (Å²) in [6.07, 6.45) is 12.7. The summed E-state index contributed by atoms with van der Waals surface area (Å²) in [5.41, 5.74) is 0. The van der Waals surface area contributed by atoms with E-state index in [-0.39, 0.29) is 0 Å². The summed E-state index contributed by atoms with van der Waals surface area (Å²) in [5, 5.41) is 4.01. The van der Waals surface area contributed by atoms with Crippen LogP contribution in [0, 0.1) is 0 Å². The number of allylic oxidation sites excluding steroid dienone is 1. The number of unbranched alkanes of at least 4 members (excludes halogenated alkanes) is 4. The number of rotatable bonds is 6. The molecule has 1 heterocycles. The first-order valence-corrected chi connectivity index (χ1v) is 5.14. The molecule has 1 rings (SSSR count). The first kappa shape index (κ1) is 10.2. The molecular formula is C11H18NO. The molecular weight excluding hydrogens is 162 g/mol. The Bertz CT molecular complexity index is 185. The number of ether oxygens (including phenoxy) is 1. The molecule has 0 aromatic carbocycles. The van der Waals surface area contributed by atoms with Crippen molar-refractivity contribution in [3.63, 3.8) is 0 Å². The molecule has 1 aliphatic rings. The van der Waals surface area contributed by atoms with E-state index in [9.17, 15) is 0 Å². The van der Waals surface area contributed by atoms with Crippen molar-refractivity contribution in [2.45, 2.75) is 45.4 Å². The third kappa shape index (κ3) is 4.61. The second-order valence-corrected chi connectivity index (χ2v) is 3.31. The molecule has 0 bridgehead atoms. The zero-order valence-corrected chi connectivity index (χ0v) is 8.33. The van der Waals surface area contributed by atoms with Crippen molar-refractivity contribution >= 4 is 0 Å². The molecule has 0 saturated carbocycles. The van der Waals surface area contributed by atoms with Gasteiger partial charge in [0.25, 0.3) is 0 Å². The van der Waals surface area contributed by atoms with Crippen LogP contribution in [-0.4, -0.2) is 0 Å². The van der Waals surface area contributed by atoms with E-state index in [1.54, 1.807) is 18.7 Å². The van der Waals surface area contributed by atoms with Gasteiger partial charge in [-0.1, -0.05) is 32.6 Å². The van der Waals surface area contributed by atoms with E-state index in [0.717, 1.165) is 12.2 Å². The monoisotopic (exact) mass is 180 g/mol. The SMILES string of the molecule is CCCCCCCC1=C[N]C=CO1. The molecule has 0 aliphatic carbocycles. The minimum absolute atomic E-state index is 0.999. The highest BCUT2D eigenvalue weighted by Crippen LogP contribution is 2.13. The van der Waals surface area contributed by atoms with Crippen LogP contribution < -0.4 is 5.32 Å². The van der Waals surface area contributed by atoms with Gasteiger partial charge in [-0.2, -0.15) is 0 Å². The molecule has 1 aliphatic heterocycles. The summed E-state index contributed by atoms with van der Waals surface area (Å²) in [6, 6.07) is 0. The minimum atomic E-state index is 0.999. The van der Waals surface area contributed by atoms with Crippen molar-refractivity contribution in [2.75, 3.05) is 0 Å². The average Bonchev–Trinajstić information content (AvgIpc) is 2.19. The van der Waals surface area contributed by atoms with Crippen LogP contribution in [0.1, 0.15) is 45.4 Å². The molecule has 2 heteroatoms. The fraction of sp³-hybridized carbons (Fsp3) is 0.636. The Morgan fingerprint density at radius 3 is 2.77 bits per heavy atom. The van der Waals surface area contributed by atoms with Gasteiger partial charge in [0.15, 0.2) is 0 Å². The maximum absolute atomic E-state index is 5.27. The van der Waals surface area contributed by atoms with Crippen molar-refractivity contribution in [3.8, 4) is 0 Å². The largest absolute Gasteiger partial charge is 0.466 e. The Morgan fingerprint density at radius 1 is 1.23 bits per heavy atom. The molecule has 0 N–H and O–H groups in total. The molecule has 0 unspecified atom stereocenters. The van der Waals surface area contributed by atoms with Gasteiger partial charge in [0.2, 0.25) is 0 Å². The summed E-state index contributed by atoms with van der Waals surface area (Å²) in [6.45, 7) is 2.23. The van der Waals surface area contributed by atoms with Crippen molar-refractivity contribution in [2.24, 2.45) is 0 Å². The van der Waals surface area contributed by atoms with Crippen LogP contribution in [-0.2, 0) is 4.74 Å². The summed E-state index contributed by atoms with van der Waals surface area (Å²) in [5.74, 6) is 0.999. The summed E-state index contributed by atoms with van der Waals surface area (Å²) in [7, 11) is 0. The Hall–Kier alpha value is -0.920. The molecule has 0 amide bonds. The van der Waals surface area contributed by atoms with E-state index in [1.807, 2.05) is 0 Å². The Balaban J connectivity index is 1.96. The Morgan fingerprint density at radius 2 is 2.08 bits per heavy atom. The van der Waals surface area contributed by atoms with Gasteiger partial charge in [-0.15, -0.1) is 0 Å². The first-order chi connectivity index (χ1) is 6.43. The quantitative estimate of drug-likeness (QED) is 0.575. The van der Waals surface area contributed by atoms with Gasteiger partial charge in [0.1, 0.15) is 12.0 Å². The van der Waals surface area contributed by atoms with Crippen LogP contribution in [0.25, 0.3) is 0 Å². The molecule has 73 valence electrons. The number of hydrogen-bond acceptors (Lipinski definition) is 1. The van der Waals surface area contributed by atoms with Crippen molar-refractivity contribution in [3.05, 3.63) is 24.4 Å². The lowest BCUT2D eigenvalue weighted by Crippen LogP contribution is -1.97. The third-order valence-corrected chi connectivity index (χ3v) is 2.11. The van der Waals surface area contributed by atoms with E-state index in [0.29, 0.717) is 0 Å². The summed E-state index contributed by atoms with van der Waals surface area (Å²) in [4.78, 5) is 0. The standard InChI is InChI=1S/C11H18NO/c1-2-3-4-5-6-7-11-10-12-8-9-13-11/h8-10H,2-7H2,1H3. The second kappa shape index (κ2) is 6.58. The normalized spacial score (nSPS) is 14.7. The predicted octanol–water partition coefficient (Wildman–Crippen LogP) is 3.29. The third-order valence-electron chi connectivity index (χ3n) is 2.11. The average molecular weight is 180 g/mol. The topological polar surface area (TPSA) is 23.3 Å². The highest BCUT2D eigenvalue weighted by atomic mass is 16.5. The molecule has 0 saturated heterocycles.